The van der Waals surface area contributed by atoms with Gasteiger partial charge in [-0.05, 0) is 46.2 Å². The first kappa shape index (κ1) is 10.3. The Kier molecular flexibility index (Phi) is 2.72. The Labute approximate surface area is 103 Å². The molecular formula is C9H5IO2S2. The molecule has 0 aliphatic carbocycles. The summed E-state index contributed by atoms with van der Waals surface area (Å²) in [6.45, 7) is 0. The molecule has 0 saturated heterocycles. The fourth-order valence-corrected chi connectivity index (χ4v) is 3.37. The van der Waals surface area contributed by atoms with Crippen molar-refractivity contribution in [2.45, 2.75) is 4.90 Å². The second-order valence-electron chi connectivity index (χ2n) is 2.76. The molecule has 0 amide bonds. The van der Waals surface area contributed by atoms with Gasteiger partial charge in [-0.15, -0.1) is 24.0 Å². The lowest BCUT2D eigenvalue weighted by Gasteiger charge is -1.98. The van der Waals surface area contributed by atoms with Crippen LogP contribution >= 0.6 is 46.6 Å². The van der Waals surface area contributed by atoms with E-state index in [0.29, 0.717) is 4.90 Å². The van der Waals surface area contributed by atoms with E-state index in [9.17, 15) is 4.79 Å². The number of aromatic carboxylic acids is 1. The lowest BCUT2D eigenvalue weighted by molar-refractivity contribution is 0.0693. The van der Waals surface area contributed by atoms with E-state index in [1.165, 1.54) is 0 Å². The van der Waals surface area contributed by atoms with Gasteiger partial charge >= 0.3 is 5.97 Å². The van der Waals surface area contributed by atoms with Crippen molar-refractivity contribution in [2.24, 2.45) is 0 Å². The molecule has 0 fully saturated rings. The number of fused-ring (bicyclic) bond motifs is 1. The summed E-state index contributed by atoms with van der Waals surface area (Å²) in [6.07, 6.45) is 0. The van der Waals surface area contributed by atoms with Gasteiger partial charge in [-0.25, -0.2) is 4.79 Å². The molecule has 0 spiro atoms. The molecule has 0 saturated carbocycles. The zero-order valence-electron chi connectivity index (χ0n) is 6.82. The highest BCUT2D eigenvalue weighted by molar-refractivity contribution is 14.1. The van der Waals surface area contributed by atoms with E-state index < -0.39 is 5.97 Å². The maximum absolute atomic E-state index is 10.8. The minimum Gasteiger partial charge on any atom is -0.478 e. The summed E-state index contributed by atoms with van der Waals surface area (Å²) in [6, 6.07) is 5.49. The van der Waals surface area contributed by atoms with E-state index in [4.69, 9.17) is 5.11 Å². The average molecular weight is 336 g/mol. The number of thiophene rings is 1. The molecule has 2 aromatic rings. The summed E-state index contributed by atoms with van der Waals surface area (Å²) in [5.74, 6) is -0.930. The van der Waals surface area contributed by atoms with Crippen LogP contribution in [-0.2, 0) is 0 Å². The summed E-state index contributed by atoms with van der Waals surface area (Å²) < 4.78 is 2.14. The molecule has 5 heteroatoms. The number of carbonyl (C=O) groups is 1. The summed E-state index contributed by atoms with van der Waals surface area (Å²) in [5.41, 5.74) is 0.263. The van der Waals surface area contributed by atoms with Crippen LogP contribution in [0.1, 0.15) is 10.4 Å². The Hall–Kier alpha value is -0.270. The van der Waals surface area contributed by atoms with Crippen LogP contribution < -0.4 is 0 Å². The third-order valence-corrected chi connectivity index (χ3v) is 4.06. The monoisotopic (exact) mass is 336 g/mol. The van der Waals surface area contributed by atoms with Gasteiger partial charge in [0.05, 0.1) is 8.45 Å². The molecule has 2 nitrogen and oxygen atoms in total. The van der Waals surface area contributed by atoms with Gasteiger partial charge < -0.3 is 5.11 Å². The maximum Gasteiger partial charge on any atom is 0.336 e. The van der Waals surface area contributed by atoms with E-state index in [1.54, 1.807) is 23.5 Å². The summed E-state index contributed by atoms with van der Waals surface area (Å²) in [4.78, 5) is 11.3. The van der Waals surface area contributed by atoms with Gasteiger partial charge in [0, 0.05) is 9.60 Å². The predicted molar refractivity (Wildman–Crippen MR) is 68.8 cm³/mol. The molecule has 2 rings (SSSR count). The molecule has 1 heterocycles. The van der Waals surface area contributed by atoms with Crippen molar-refractivity contribution in [1.82, 2.24) is 0 Å². The fraction of sp³-hybridized carbons (Fsp3) is 0. The molecule has 0 radical (unpaired) electrons. The van der Waals surface area contributed by atoms with Gasteiger partial charge in [-0.1, -0.05) is 0 Å². The summed E-state index contributed by atoms with van der Waals surface area (Å²) in [7, 11) is 0. The minimum absolute atomic E-state index is 0.263. The van der Waals surface area contributed by atoms with Crippen LogP contribution in [0.5, 0.6) is 0 Å². The molecular weight excluding hydrogens is 331 g/mol. The van der Waals surface area contributed by atoms with Crippen LogP contribution in [0.15, 0.2) is 23.1 Å². The molecule has 0 bridgehead atoms. The van der Waals surface area contributed by atoms with Crippen LogP contribution in [0.25, 0.3) is 10.1 Å². The summed E-state index contributed by atoms with van der Waals surface area (Å²) in [5, 5.41) is 9.94. The Balaban J connectivity index is 2.76. The summed E-state index contributed by atoms with van der Waals surface area (Å²) >= 11 is 7.95. The number of halogens is 1. The Morgan fingerprint density at radius 3 is 2.79 bits per heavy atom. The van der Waals surface area contributed by atoms with Gasteiger partial charge in [0.1, 0.15) is 0 Å². The van der Waals surface area contributed by atoms with Crippen LogP contribution in [0.2, 0.25) is 0 Å². The second-order valence-corrected chi connectivity index (χ2v) is 6.22. The normalized spacial score (nSPS) is 10.7. The lowest BCUT2D eigenvalue weighted by Crippen LogP contribution is -1.96. The zero-order chi connectivity index (χ0) is 10.3. The highest BCUT2D eigenvalue weighted by Gasteiger charge is 2.10. The largest absolute Gasteiger partial charge is 0.478 e. The number of carboxylic acid groups (broad SMARTS) is 1. The predicted octanol–water partition coefficient (Wildman–Crippen LogP) is 3.49. The van der Waals surface area contributed by atoms with Gasteiger partial charge in [0.2, 0.25) is 0 Å². The molecule has 72 valence electrons. The van der Waals surface area contributed by atoms with Gasteiger partial charge in [0.15, 0.2) is 0 Å². The molecule has 14 heavy (non-hydrogen) atoms. The first-order valence-corrected chi connectivity index (χ1v) is 6.07. The molecule has 0 atom stereocenters. The Morgan fingerprint density at radius 1 is 1.43 bits per heavy atom. The zero-order valence-corrected chi connectivity index (χ0v) is 10.7. The number of hydrogen-bond acceptors (Lipinski definition) is 3. The third-order valence-electron chi connectivity index (χ3n) is 1.83. The van der Waals surface area contributed by atoms with Crippen molar-refractivity contribution >= 4 is 62.6 Å². The van der Waals surface area contributed by atoms with Crippen molar-refractivity contribution in [1.29, 1.82) is 0 Å². The van der Waals surface area contributed by atoms with Crippen LogP contribution in [0, 0.1) is 2.88 Å². The molecule has 1 N–H and O–H groups in total. The quantitative estimate of drug-likeness (QED) is 0.618. The number of rotatable bonds is 1. The van der Waals surface area contributed by atoms with Crippen LogP contribution in [0.3, 0.4) is 0 Å². The van der Waals surface area contributed by atoms with Gasteiger partial charge in [-0.2, -0.15) is 0 Å². The van der Waals surface area contributed by atoms with E-state index >= 15 is 0 Å². The minimum atomic E-state index is -0.930. The molecule has 0 aliphatic rings. The lowest BCUT2D eigenvalue weighted by atomic mass is 10.2. The smallest absolute Gasteiger partial charge is 0.336 e. The van der Waals surface area contributed by atoms with Gasteiger partial charge in [0.25, 0.3) is 0 Å². The first-order chi connectivity index (χ1) is 6.58. The fourth-order valence-electron chi connectivity index (χ4n) is 1.21. The average Bonchev–Trinajstić information content (AvgIpc) is 2.42. The van der Waals surface area contributed by atoms with Crippen LogP contribution in [-0.4, -0.2) is 11.1 Å². The topological polar surface area (TPSA) is 37.3 Å². The van der Waals surface area contributed by atoms with Crippen molar-refractivity contribution in [3.8, 4) is 0 Å². The number of hydrogen-bond donors (Lipinski definition) is 2. The van der Waals surface area contributed by atoms with Crippen molar-refractivity contribution in [2.75, 3.05) is 0 Å². The highest BCUT2D eigenvalue weighted by Crippen LogP contribution is 2.30. The second kappa shape index (κ2) is 3.71. The van der Waals surface area contributed by atoms with E-state index in [-0.39, 0.29) is 5.56 Å². The van der Waals surface area contributed by atoms with Crippen molar-refractivity contribution < 1.29 is 9.90 Å². The SMILES string of the molecule is O=C(O)c1cc2sc(I)cc2cc1S. The van der Waals surface area contributed by atoms with Crippen molar-refractivity contribution in [3.63, 3.8) is 0 Å². The highest BCUT2D eigenvalue weighted by atomic mass is 127. The standard InChI is InChI=1S/C9H5IO2S2/c10-8-2-4-1-6(13)5(9(11)12)3-7(4)14-8/h1-3,13H,(H,11,12). The van der Waals surface area contributed by atoms with Crippen LogP contribution in [0.4, 0.5) is 0 Å². The van der Waals surface area contributed by atoms with E-state index in [1.807, 2.05) is 6.07 Å². The van der Waals surface area contributed by atoms with Gasteiger partial charge in [-0.3, -0.25) is 0 Å². The number of carboxylic acids is 1. The Bertz CT molecular complexity index is 519. The Morgan fingerprint density at radius 2 is 2.14 bits per heavy atom. The van der Waals surface area contributed by atoms with Crippen molar-refractivity contribution in [3.05, 3.63) is 26.6 Å². The molecule has 1 aromatic carbocycles. The molecule has 0 unspecified atom stereocenters. The number of thiol groups is 1. The van der Waals surface area contributed by atoms with E-state index in [0.717, 1.165) is 13.0 Å². The number of benzene rings is 1. The maximum atomic E-state index is 10.8. The molecule has 0 aliphatic heterocycles. The van der Waals surface area contributed by atoms with E-state index in [2.05, 4.69) is 35.2 Å². The first-order valence-electron chi connectivity index (χ1n) is 3.73. The third kappa shape index (κ3) is 1.76. The molecule has 1 aromatic heterocycles.